The van der Waals surface area contributed by atoms with E-state index in [1.165, 1.54) is 16.8 Å². The van der Waals surface area contributed by atoms with Crippen LogP contribution in [0.5, 0.6) is 0 Å². The maximum Gasteiger partial charge on any atom is 0.225 e. The molecule has 1 aromatic carbocycles. The van der Waals surface area contributed by atoms with Crippen molar-refractivity contribution in [1.29, 1.82) is 0 Å². The standard InChI is InChI=1S/C16H24N2O/c1-12(2)16(19)18-9-7-17(8-10-18)15-6-5-13(3)11-14(15)4/h5-6,11-12H,7-10H2,1-4H3. The van der Waals surface area contributed by atoms with Gasteiger partial charge in [0.15, 0.2) is 0 Å². The Morgan fingerprint density at radius 1 is 1.11 bits per heavy atom. The molecule has 19 heavy (non-hydrogen) atoms. The summed E-state index contributed by atoms with van der Waals surface area (Å²) >= 11 is 0. The van der Waals surface area contributed by atoms with Gasteiger partial charge in [-0.25, -0.2) is 0 Å². The predicted octanol–water partition coefficient (Wildman–Crippen LogP) is 2.61. The van der Waals surface area contributed by atoms with Gasteiger partial charge in [0.1, 0.15) is 0 Å². The van der Waals surface area contributed by atoms with E-state index >= 15 is 0 Å². The Hall–Kier alpha value is -1.51. The van der Waals surface area contributed by atoms with Crippen molar-refractivity contribution < 1.29 is 4.79 Å². The van der Waals surface area contributed by atoms with Crippen LogP contribution in [0.2, 0.25) is 0 Å². The quantitative estimate of drug-likeness (QED) is 0.816. The summed E-state index contributed by atoms with van der Waals surface area (Å²) < 4.78 is 0. The third-order valence-electron chi connectivity index (χ3n) is 3.78. The first-order valence-electron chi connectivity index (χ1n) is 7.10. The molecule has 1 saturated heterocycles. The molecule has 0 saturated carbocycles. The van der Waals surface area contributed by atoms with Gasteiger partial charge in [0.2, 0.25) is 5.91 Å². The molecule has 0 unspecified atom stereocenters. The third kappa shape index (κ3) is 3.09. The van der Waals surface area contributed by atoms with Gasteiger partial charge < -0.3 is 9.80 Å². The third-order valence-corrected chi connectivity index (χ3v) is 3.78. The van der Waals surface area contributed by atoms with Crippen LogP contribution < -0.4 is 4.90 Å². The van der Waals surface area contributed by atoms with E-state index in [4.69, 9.17) is 0 Å². The minimum atomic E-state index is 0.104. The van der Waals surface area contributed by atoms with Gasteiger partial charge in [-0.05, 0) is 25.5 Å². The molecule has 0 aliphatic carbocycles. The number of hydrogen-bond donors (Lipinski definition) is 0. The number of carbonyl (C=O) groups is 1. The largest absolute Gasteiger partial charge is 0.368 e. The molecule has 3 heteroatoms. The first-order chi connectivity index (χ1) is 8.99. The van der Waals surface area contributed by atoms with Crippen molar-refractivity contribution in [3.05, 3.63) is 29.3 Å². The van der Waals surface area contributed by atoms with Gasteiger partial charge in [0, 0.05) is 37.8 Å². The van der Waals surface area contributed by atoms with E-state index in [9.17, 15) is 4.79 Å². The Morgan fingerprint density at radius 2 is 1.74 bits per heavy atom. The number of benzene rings is 1. The van der Waals surface area contributed by atoms with Crippen molar-refractivity contribution in [1.82, 2.24) is 4.90 Å². The topological polar surface area (TPSA) is 23.6 Å². The van der Waals surface area contributed by atoms with Gasteiger partial charge in [-0.3, -0.25) is 4.79 Å². The van der Waals surface area contributed by atoms with Crippen molar-refractivity contribution in [3.63, 3.8) is 0 Å². The predicted molar refractivity (Wildman–Crippen MR) is 79.5 cm³/mol. The Balaban J connectivity index is 2.02. The van der Waals surface area contributed by atoms with Gasteiger partial charge >= 0.3 is 0 Å². The second-order valence-electron chi connectivity index (χ2n) is 5.76. The molecule has 0 aromatic heterocycles. The molecule has 1 aliphatic heterocycles. The molecule has 0 atom stereocenters. The molecule has 1 amide bonds. The normalized spacial score (nSPS) is 16.1. The van der Waals surface area contributed by atoms with Crippen molar-refractivity contribution >= 4 is 11.6 Å². The van der Waals surface area contributed by atoms with Gasteiger partial charge in [-0.1, -0.05) is 31.5 Å². The van der Waals surface area contributed by atoms with E-state index in [1.54, 1.807) is 0 Å². The highest BCUT2D eigenvalue weighted by Crippen LogP contribution is 2.22. The lowest BCUT2D eigenvalue weighted by Gasteiger charge is -2.37. The molecule has 1 heterocycles. The zero-order chi connectivity index (χ0) is 14.0. The summed E-state index contributed by atoms with van der Waals surface area (Å²) in [5.41, 5.74) is 3.93. The molecule has 2 rings (SSSR count). The zero-order valence-corrected chi connectivity index (χ0v) is 12.4. The van der Waals surface area contributed by atoms with Gasteiger partial charge in [0.05, 0.1) is 0 Å². The Bertz CT molecular complexity index is 460. The molecule has 3 nitrogen and oxygen atoms in total. The number of rotatable bonds is 2. The molecule has 1 aliphatic rings. The highest BCUT2D eigenvalue weighted by atomic mass is 16.2. The lowest BCUT2D eigenvalue weighted by atomic mass is 10.1. The van der Waals surface area contributed by atoms with Crippen LogP contribution in [-0.4, -0.2) is 37.0 Å². The molecule has 0 radical (unpaired) electrons. The summed E-state index contributed by atoms with van der Waals surface area (Å²) in [6.07, 6.45) is 0. The van der Waals surface area contributed by atoms with E-state index < -0.39 is 0 Å². The Morgan fingerprint density at radius 3 is 2.26 bits per heavy atom. The molecule has 0 bridgehead atoms. The summed E-state index contributed by atoms with van der Waals surface area (Å²) in [6, 6.07) is 6.58. The molecule has 1 aromatic rings. The summed E-state index contributed by atoms with van der Waals surface area (Å²) in [5.74, 6) is 0.382. The fraction of sp³-hybridized carbons (Fsp3) is 0.562. The van der Waals surface area contributed by atoms with Crippen LogP contribution in [0.15, 0.2) is 18.2 Å². The number of nitrogens with zero attached hydrogens (tertiary/aromatic N) is 2. The minimum absolute atomic E-state index is 0.104. The van der Waals surface area contributed by atoms with Crippen LogP contribution in [0.3, 0.4) is 0 Å². The van der Waals surface area contributed by atoms with Crippen molar-refractivity contribution in [3.8, 4) is 0 Å². The van der Waals surface area contributed by atoms with Crippen LogP contribution in [0.1, 0.15) is 25.0 Å². The van der Waals surface area contributed by atoms with Crippen LogP contribution in [-0.2, 0) is 4.79 Å². The Kier molecular flexibility index (Phi) is 4.13. The molecule has 1 fully saturated rings. The average Bonchev–Trinajstić information content (AvgIpc) is 2.38. The smallest absolute Gasteiger partial charge is 0.225 e. The van der Waals surface area contributed by atoms with E-state index in [1.807, 2.05) is 18.7 Å². The van der Waals surface area contributed by atoms with Crippen LogP contribution in [0, 0.1) is 19.8 Å². The maximum atomic E-state index is 12.0. The number of carbonyl (C=O) groups excluding carboxylic acids is 1. The summed E-state index contributed by atoms with van der Waals surface area (Å²) in [6.45, 7) is 11.8. The van der Waals surface area contributed by atoms with Crippen LogP contribution in [0.25, 0.3) is 0 Å². The number of piperazine rings is 1. The highest BCUT2D eigenvalue weighted by molar-refractivity contribution is 5.78. The Labute approximate surface area is 116 Å². The first-order valence-corrected chi connectivity index (χ1v) is 7.10. The first kappa shape index (κ1) is 13.9. The maximum absolute atomic E-state index is 12.0. The van der Waals surface area contributed by atoms with Gasteiger partial charge in [-0.15, -0.1) is 0 Å². The SMILES string of the molecule is Cc1ccc(N2CCN(C(=O)C(C)C)CC2)c(C)c1. The molecule has 0 N–H and O–H groups in total. The average molecular weight is 260 g/mol. The summed E-state index contributed by atoms with van der Waals surface area (Å²) in [4.78, 5) is 16.3. The molecule has 104 valence electrons. The second-order valence-corrected chi connectivity index (χ2v) is 5.76. The zero-order valence-electron chi connectivity index (χ0n) is 12.4. The van der Waals surface area contributed by atoms with Crippen LogP contribution in [0.4, 0.5) is 5.69 Å². The minimum Gasteiger partial charge on any atom is -0.368 e. The van der Waals surface area contributed by atoms with E-state index in [0.29, 0.717) is 0 Å². The van der Waals surface area contributed by atoms with Crippen molar-refractivity contribution in [2.45, 2.75) is 27.7 Å². The monoisotopic (exact) mass is 260 g/mol. The fourth-order valence-corrected chi connectivity index (χ4v) is 2.69. The van der Waals surface area contributed by atoms with Crippen LogP contribution >= 0.6 is 0 Å². The summed E-state index contributed by atoms with van der Waals surface area (Å²) in [7, 11) is 0. The molecular weight excluding hydrogens is 236 g/mol. The van der Waals surface area contributed by atoms with Gasteiger partial charge in [0.25, 0.3) is 0 Å². The fourth-order valence-electron chi connectivity index (χ4n) is 2.69. The number of aryl methyl sites for hydroxylation is 2. The van der Waals surface area contributed by atoms with E-state index in [-0.39, 0.29) is 11.8 Å². The van der Waals surface area contributed by atoms with E-state index in [0.717, 1.165) is 26.2 Å². The second kappa shape index (κ2) is 5.64. The highest BCUT2D eigenvalue weighted by Gasteiger charge is 2.23. The van der Waals surface area contributed by atoms with Crippen molar-refractivity contribution in [2.24, 2.45) is 5.92 Å². The van der Waals surface area contributed by atoms with E-state index in [2.05, 4.69) is 36.9 Å². The number of anilines is 1. The lowest BCUT2D eigenvalue weighted by molar-refractivity contribution is -0.134. The van der Waals surface area contributed by atoms with Gasteiger partial charge in [-0.2, -0.15) is 0 Å². The number of hydrogen-bond acceptors (Lipinski definition) is 2. The number of amides is 1. The van der Waals surface area contributed by atoms with Crippen molar-refractivity contribution in [2.75, 3.05) is 31.1 Å². The molecular formula is C16H24N2O. The summed E-state index contributed by atoms with van der Waals surface area (Å²) in [5, 5.41) is 0. The lowest BCUT2D eigenvalue weighted by Crippen LogP contribution is -2.50. The molecule has 0 spiro atoms.